The van der Waals surface area contributed by atoms with Gasteiger partial charge in [0, 0.05) is 5.70 Å². The highest BCUT2D eigenvalue weighted by molar-refractivity contribution is 5.98. The van der Waals surface area contributed by atoms with E-state index >= 15 is 0 Å². The monoisotopic (exact) mass is 100 g/mol. The van der Waals surface area contributed by atoms with Crippen molar-refractivity contribution < 1.29 is 4.43 Å². The quantitative estimate of drug-likeness (QED) is 0.369. The van der Waals surface area contributed by atoms with Gasteiger partial charge in [-0.25, -0.2) is 0 Å². The molecule has 0 bridgehead atoms. The Labute approximate surface area is 40.5 Å². The van der Waals surface area contributed by atoms with Crippen LogP contribution >= 0.6 is 0 Å². The summed E-state index contributed by atoms with van der Waals surface area (Å²) in [5.74, 6) is 0. The van der Waals surface area contributed by atoms with Crippen molar-refractivity contribution in [3.63, 3.8) is 0 Å². The zero-order chi connectivity index (χ0) is 4.99. The van der Waals surface area contributed by atoms with E-state index in [9.17, 15) is 0 Å². The lowest BCUT2D eigenvalue weighted by Gasteiger charge is -1.85. The minimum atomic E-state index is 0.644. The molecule has 0 atom stereocenters. The SMILES string of the molecule is C/C(N)=C\O[Si]. The summed E-state index contributed by atoms with van der Waals surface area (Å²) >= 11 is 0. The number of nitrogens with two attached hydrogens (primary N) is 1. The molecule has 3 heteroatoms. The van der Waals surface area contributed by atoms with Crippen molar-refractivity contribution in [2.45, 2.75) is 6.92 Å². The molecule has 33 valence electrons. The maximum absolute atomic E-state index is 5.11. The standard InChI is InChI=1S/C3H6NOSi/c1-3(4)2-5-6/h2H,4H2,1H3/b3-2+. The fourth-order valence-electron chi connectivity index (χ4n) is 0.0929. The molecule has 0 amide bonds. The van der Waals surface area contributed by atoms with Crippen LogP contribution in [0.25, 0.3) is 0 Å². The molecular formula is C3H6NOSi. The number of rotatable bonds is 1. The number of hydrogen-bond donors (Lipinski definition) is 1. The first kappa shape index (κ1) is 5.56. The molecule has 0 unspecified atom stereocenters. The molecule has 0 heterocycles. The maximum atomic E-state index is 5.11. The van der Waals surface area contributed by atoms with Crippen molar-refractivity contribution in [1.29, 1.82) is 0 Å². The van der Waals surface area contributed by atoms with Crippen LogP contribution in [0.4, 0.5) is 0 Å². The second-order valence-corrected chi connectivity index (χ2v) is 1.22. The number of allylic oxidation sites excluding steroid dienone is 1. The van der Waals surface area contributed by atoms with Gasteiger partial charge >= 0.3 is 10.5 Å². The summed E-state index contributed by atoms with van der Waals surface area (Å²) in [6.45, 7) is 1.74. The predicted octanol–water partition coefficient (Wildman–Crippen LogP) is -0.0935. The lowest BCUT2D eigenvalue weighted by Crippen LogP contribution is -1.89. The van der Waals surface area contributed by atoms with Crippen LogP contribution < -0.4 is 5.73 Å². The van der Waals surface area contributed by atoms with E-state index in [-0.39, 0.29) is 0 Å². The van der Waals surface area contributed by atoms with E-state index in [2.05, 4.69) is 14.9 Å². The molecule has 0 saturated heterocycles. The van der Waals surface area contributed by atoms with Crippen molar-refractivity contribution in [1.82, 2.24) is 0 Å². The largest absolute Gasteiger partial charge is 0.544 e. The molecule has 2 nitrogen and oxygen atoms in total. The Balaban J connectivity index is 3.14. The van der Waals surface area contributed by atoms with Gasteiger partial charge in [0.2, 0.25) is 0 Å². The normalized spacial score (nSPS) is 11.3. The third-order valence-electron chi connectivity index (χ3n) is 0.245. The molecule has 0 aromatic heterocycles. The van der Waals surface area contributed by atoms with Crippen molar-refractivity contribution in [3.8, 4) is 0 Å². The summed E-state index contributed by atoms with van der Waals surface area (Å²) < 4.78 is 4.32. The Morgan fingerprint density at radius 3 is 2.50 bits per heavy atom. The molecule has 0 aliphatic rings. The predicted molar refractivity (Wildman–Crippen MR) is 24.8 cm³/mol. The molecule has 6 heavy (non-hydrogen) atoms. The molecule has 0 saturated carbocycles. The van der Waals surface area contributed by atoms with Gasteiger partial charge < -0.3 is 10.2 Å². The smallest absolute Gasteiger partial charge is 0.340 e. The second-order valence-electron chi connectivity index (χ2n) is 0.980. The van der Waals surface area contributed by atoms with Gasteiger partial charge in [0.05, 0.1) is 6.26 Å². The van der Waals surface area contributed by atoms with E-state index in [1.54, 1.807) is 6.92 Å². The summed E-state index contributed by atoms with van der Waals surface area (Å²) in [6, 6.07) is 0. The van der Waals surface area contributed by atoms with E-state index in [1.807, 2.05) is 0 Å². The molecule has 0 rings (SSSR count). The zero-order valence-corrected chi connectivity index (χ0v) is 4.56. The van der Waals surface area contributed by atoms with Gasteiger partial charge in [-0.1, -0.05) is 0 Å². The van der Waals surface area contributed by atoms with Gasteiger partial charge in [0.25, 0.3) is 0 Å². The highest BCUT2D eigenvalue weighted by Crippen LogP contribution is 1.74. The third-order valence-corrected chi connectivity index (χ3v) is 0.363. The molecule has 0 fully saturated rings. The average Bonchev–Trinajstić information content (AvgIpc) is 1.35. The van der Waals surface area contributed by atoms with Crippen molar-refractivity contribution >= 4 is 10.5 Å². The Morgan fingerprint density at radius 1 is 2.00 bits per heavy atom. The fourth-order valence-corrected chi connectivity index (χ4v) is 0.279. The van der Waals surface area contributed by atoms with Gasteiger partial charge in [-0.2, -0.15) is 0 Å². The first-order chi connectivity index (χ1) is 2.77. The Hall–Kier alpha value is -0.443. The molecule has 0 spiro atoms. The average molecular weight is 100 g/mol. The number of hydrogen-bond acceptors (Lipinski definition) is 2. The molecule has 2 N–H and O–H groups in total. The van der Waals surface area contributed by atoms with Crippen molar-refractivity contribution in [2.24, 2.45) is 5.73 Å². The van der Waals surface area contributed by atoms with Crippen LogP contribution in [0.15, 0.2) is 12.0 Å². The molecule has 3 radical (unpaired) electrons. The second kappa shape index (κ2) is 2.78. The Kier molecular flexibility index (Phi) is 2.57. The maximum Gasteiger partial charge on any atom is 0.340 e. The summed E-state index contributed by atoms with van der Waals surface area (Å²) in [7, 11) is 2.74. The molecule has 0 aliphatic carbocycles. The van der Waals surface area contributed by atoms with Gasteiger partial charge in [-0.15, -0.1) is 0 Å². The van der Waals surface area contributed by atoms with Gasteiger partial charge in [-0.05, 0) is 6.92 Å². The van der Waals surface area contributed by atoms with Crippen LogP contribution in [0, 0.1) is 0 Å². The minimum Gasteiger partial charge on any atom is -0.544 e. The van der Waals surface area contributed by atoms with Gasteiger partial charge in [0.1, 0.15) is 0 Å². The van der Waals surface area contributed by atoms with Gasteiger partial charge in [0.15, 0.2) is 0 Å². The lowest BCUT2D eigenvalue weighted by molar-refractivity contribution is 0.527. The molecule has 0 aromatic rings. The first-order valence-electron chi connectivity index (χ1n) is 1.52. The van der Waals surface area contributed by atoms with Crippen LogP contribution in [0.1, 0.15) is 6.92 Å². The summed E-state index contributed by atoms with van der Waals surface area (Å²) in [5.41, 5.74) is 5.75. The van der Waals surface area contributed by atoms with Crippen LogP contribution in [-0.2, 0) is 4.43 Å². The van der Waals surface area contributed by atoms with Crippen molar-refractivity contribution in [2.75, 3.05) is 0 Å². The van der Waals surface area contributed by atoms with Crippen molar-refractivity contribution in [3.05, 3.63) is 12.0 Å². The van der Waals surface area contributed by atoms with E-state index < -0.39 is 0 Å². The minimum absolute atomic E-state index is 0.644. The zero-order valence-electron chi connectivity index (χ0n) is 3.56. The molecule has 0 aliphatic heterocycles. The highest BCUT2D eigenvalue weighted by Gasteiger charge is 1.67. The summed E-state index contributed by atoms with van der Waals surface area (Å²) in [5, 5.41) is 0. The van der Waals surface area contributed by atoms with Crippen LogP contribution in [-0.4, -0.2) is 10.5 Å². The van der Waals surface area contributed by atoms with Crippen LogP contribution in [0.2, 0.25) is 0 Å². The Morgan fingerprint density at radius 2 is 2.50 bits per heavy atom. The lowest BCUT2D eigenvalue weighted by atomic mass is 10.6. The van der Waals surface area contributed by atoms with E-state index in [1.165, 1.54) is 6.26 Å². The fraction of sp³-hybridized carbons (Fsp3) is 0.333. The molecular weight excluding hydrogens is 94.1 g/mol. The van der Waals surface area contributed by atoms with Gasteiger partial charge in [-0.3, -0.25) is 0 Å². The summed E-state index contributed by atoms with van der Waals surface area (Å²) in [4.78, 5) is 0. The van der Waals surface area contributed by atoms with E-state index in [0.717, 1.165) is 0 Å². The van der Waals surface area contributed by atoms with Crippen LogP contribution in [0.3, 0.4) is 0 Å². The Bertz CT molecular complexity index is 57.8. The third kappa shape index (κ3) is 3.56. The highest BCUT2D eigenvalue weighted by atomic mass is 28.2. The summed E-state index contributed by atoms with van der Waals surface area (Å²) in [6.07, 6.45) is 1.40. The topological polar surface area (TPSA) is 35.2 Å². The van der Waals surface area contributed by atoms with Crippen LogP contribution in [0.5, 0.6) is 0 Å². The van der Waals surface area contributed by atoms with E-state index in [4.69, 9.17) is 5.73 Å². The molecule has 0 aromatic carbocycles. The van der Waals surface area contributed by atoms with E-state index in [0.29, 0.717) is 5.70 Å². The first-order valence-corrected chi connectivity index (χ1v) is 1.93.